The molecule has 94 valence electrons. The lowest BCUT2D eigenvalue weighted by atomic mass is 10.0. The van der Waals surface area contributed by atoms with Gasteiger partial charge in [0.1, 0.15) is 0 Å². The number of nitrogens with one attached hydrogen (secondary N) is 1. The van der Waals surface area contributed by atoms with Crippen LogP contribution in [0.3, 0.4) is 0 Å². The lowest BCUT2D eigenvalue weighted by Gasteiger charge is -2.28. The van der Waals surface area contributed by atoms with Crippen LogP contribution in [0.4, 0.5) is 0 Å². The van der Waals surface area contributed by atoms with Gasteiger partial charge in [-0.3, -0.25) is 4.99 Å². The van der Waals surface area contributed by atoms with Crippen molar-refractivity contribution < 1.29 is 0 Å². The molecule has 0 radical (unpaired) electrons. The number of thioether (sulfide) groups is 1. The second kappa shape index (κ2) is 6.45. The fraction of sp³-hybridized carbons (Fsp3) is 0.615. The summed E-state index contributed by atoms with van der Waals surface area (Å²) in [6.45, 7) is 5.45. The maximum atomic E-state index is 4.67. The predicted molar refractivity (Wildman–Crippen MR) is 79.2 cm³/mol. The molecule has 0 amide bonds. The molecule has 0 saturated carbocycles. The summed E-state index contributed by atoms with van der Waals surface area (Å²) in [4.78, 5) is 6.09. The zero-order valence-electron chi connectivity index (χ0n) is 10.5. The van der Waals surface area contributed by atoms with Gasteiger partial charge in [0.25, 0.3) is 0 Å². The van der Waals surface area contributed by atoms with Crippen LogP contribution in [0.1, 0.15) is 25.1 Å². The Morgan fingerprint density at radius 2 is 2.41 bits per heavy atom. The fourth-order valence-electron chi connectivity index (χ4n) is 1.87. The van der Waals surface area contributed by atoms with E-state index in [1.54, 1.807) is 0 Å². The summed E-state index contributed by atoms with van der Waals surface area (Å²) in [6.07, 6.45) is 2.32. The first-order valence-electron chi connectivity index (χ1n) is 6.22. The van der Waals surface area contributed by atoms with Crippen LogP contribution < -0.4 is 5.32 Å². The molecule has 1 unspecified atom stereocenters. The summed E-state index contributed by atoms with van der Waals surface area (Å²) in [6, 6.07) is 4.90. The van der Waals surface area contributed by atoms with Crippen LogP contribution in [0.2, 0.25) is 0 Å². The first-order chi connectivity index (χ1) is 8.25. The van der Waals surface area contributed by atoms with Gasteiger partial charge >= 0.3 is 0 Å². The first-order valence-corrected chi connectivity index (χ1v) is 8.08. The van der Waals surface area contributed by atoms with Gasteiger partial charge in [0.2, 0.25) is 0 Å². The van der Waals surface area contributed by atoms with Crippen molar-refractivity contribution in [3.05, 3.63) is 22.4 Å². The van der Waals surface area contributed by atoms with Crippen LogP contribution in [0.5, 0.6) is 0 Å². The molecule has 2 rings (SSSR count). The summed E-state index contributed by atoms with van der Waals surface area (Å²) in [5.74, 6) is 1.90. The minimum atomic E-state index is 0.608. The molecular weight excluding hydrogens is 248 g/mol. The largest absolute Gasteiger partial charge is 0.362 e. The van der Waals surface area contributed by atoms with E-state index < -0.39 is 0 Å². The van der Waals surface area contributed by atoms with Crippen molar-refractivity contribution in [1.29, 1.82) is 0 Å². The lowest BCUT2D eigenvalue weighted by molar-refractivity contribution is 0.442. The van der Waals surface area contributed by atoms with Crippen molar-refractivity contribution in [2.24, 2.45) is 10.9 Å². The topological polar surface area (TPSA) is 24.4 Å². The first kappa shape index (κ1) is 13.0. The van der Waals surface area contributed by atoms with Gasteiger partial charge in [0, 0.05) is 29.6 Å². The molecule has 1 saturated heterocycles. The third-order valence-corrected chi connectivity index (χ3v) is 4.87. The van der Waals surface area contributed by atoms with Crippen molar-refractivity contribution in [2.75, 3.05) is 12.3 Å². The molecule has 2 nitrogen and oxygen atoms in total. The third-order valence-electron chi connectivity index (χ3n) is 2.97. The van der Waals surface area contributed by atoms with Gasteiger partial charge in [-0.05, 0) is 23.8 Å². The highest BCUT2D eigenvalue weighted by molar-refractivity contribution is 8.13. The number of hydrogen-bond acceptors (Lipinski definition) is 3. The average molecular weight is 268 g/mol. The molecule has 0 spiro atoms. The van der Waals surface area contributed by atoms with E-state index in [-0.39, 0.29) is 0 Å². The molecule has 1 aliphatic heterocycles. The van der Waals surface area contributed by atoms with Crippen LogP contribution in [0.25, 0.3) is 0 Å². The summed E-state index contributed by atoms with van der Waals surface area (Å²) in [5.41, 5.74) is 0. The molecule has 1 fully saturated rings. The van der Waals surface area contributed by atoms with Crippen molar-refractivity contribution in [3.63, 3.8) is 0 Å². The molecule has 17 heavy (non-hydrogen) atoms. The molecule has 0 aliphatic carbocycles. The summed E-state index contributed by atoms with van der Waals surface area (Å²) < 4.78 is 0. The van der Waals surface area contributed by atoms with Crippen LogP contribution in [0.15, 0.2) is 22.5 Å². The van der Waals surface area contributed by atoms with E-state index in [0.29, 0.717) is 12.0 Å². The highest BCUT2D eigenvalue weighted by Gasteiger charge is 2.19. The third kappa shape index (κ3) is 4.03. The second-order valence-corrected chi connectivity index (χ2v) is 6.76. The normalized spacial score (nSPS) is 23.0. The standard InChI is InChI=1S/C13H20N2S2/c1-10(2)12-6-9-17-13(15-12)14-7-5-11-4-3-8-16-11/h3-4,8,10,12H,5-7,9H2,1-2H3,(H,14,15). The SMILES string of the molecule is CC(C)C1CCSC(=NCCc2cccs2)N1. The van der Waals surface area contributed by atoms with Gasteiger partial charge in [0.15, 0.2) is 5.17 Å². The Morgan fingerprint density at radius 1 is 1.53 bits per heavy atom. The van der Waals surface area contributed by atoms with Crippen molar-refractivity contribution >= 4 is 28.3 Å². The van der Waals surface area contributed by atoms with E-state index in [4.69, 9.17) is 0 Å². The zero-order valence-corrected chi connectivity index (χ0v) is 12.1. The molecule has 4 heteroatoms. The Kier molecular flexibility index (Phi) is 4.92. The summed E-state index contributed by atoms with van der Waals surface area (Å²) in [5, 5.41) is 6.82. The van der Waals surface area contributed by atoms with Gasteiger partial charge in [-0.25, -0.2) is 0 Å². The van der Waals surface area contributed by atoms with E-state index in [2.05, 4.69) is 41.7 Å². The molecule has 1 atom stereocenters. The van der Waals surface area contributed by atoms with Crippen LogP contribution in [-0.2, 0) is 6.42 Å². The highest BCUT2D eigenvalue weighted by Crippen LogP contribution is 2.19. The minimum absolute atomic E-state index is 0.608. The van der Waals surface area contributed by atoms with E-state index in [1.165, 1.54) is 17.1 Å². The Labute approximate surface area is 112 Å². The number of hydrogen-bond donors (Lipinski definition) is 1. The van der Waals surface area contributed by atoms with Crippen LogP contribution in [0, 0.1) is 5.92 Å². The lowest BCUT2D eigenvalue weighted by Crippen LogP contribution is -2.41. The van der Waals surface area contributed by atoms with E-state index in [9.17, 15) is 0 Å². The van der Waals surface area contributed by atoms with Crippen LogP contribution >= 0.6 is 23.1 Å². The average Bonchev–Trinajstić information content (AvgIpc) is 2.82. The Hall–Kier alpha value is -0.480. The van der Waals surface area contributed by atoms with E-state index >= 15 is 0 Å². The maximum absolute atomic E-state index is 4.67. The van der Waals surface area contributed by atoms with Crippen molar-refractivity contribution in [2.45, 2.75) is 32.7 Å². The molecular formula is C13H20N2S2. The second-order valence-electron chi connectivity index (χ2n) is 4.65. The number of aliphatic imine (C=N–C) groups is 1. The quantitative estimate of drug-likeness (QED) is 0.905. The number of rotatable bonds is 4. The van der Waals surface area contributed by atoms with Gasteiger partial charge < -0.3 is 5.32 Å². The Morgan fingerprint density at radius 3 is 3.12 bits per heavy atom. The highest BCUT2D eigenvalue weighted by atomic mass is 32.2. The Bertz CT molecular complexity index is 358. The van der Waals surface area contributed by atoms with Crippen LogP contribution in [-0.4, -0.2) is 23.5 Å². The smallest absolute Gasteiger partial charge is 0.156 e. The molecule has 0 aromatic carbocycles. The van der Waals surface area contributed by atoms with Gasteiger partial charge in [-0.2, -0.15) is 0 Å². The molecule has 1 aliphatic rings. The van der Waals surface area contributed by atoms with E-state index in [1.807, 2.05) is 23.1 Å². The number of amidine groups is 1. The van der Waals surface area contributed by atoms with E-state index in [0.717, 1.165) is 18.1 Å². The molecule has 1 N–H and O–H groups in total. The summed E-state index contributed by atoms with van der Waals surface area (Å²) >= 11 is 3.68. The zero-order chi connectivity index (χ0) is 12.1. The number of thiophene rings is 1. The molecule has 1 aromatic rings. The van der Waals surface area contributed by atoms with Crippen molar-refractivity contribution in [3.8, 4) is 0 Å². The van der Waals surface area contributed by atoms with Gasteiger partial charge in [-0.1, -0.05) is 31.7 Å². The molecule has 1 aromatic heterocycles. The molecule has 0 bridgehead atoms. The predicted octanol–water partition coefficient (Wildman–Crippen LogP) is 3.40. The fourth-order valence-corrected chi connectivity index (χ4v) is 3.55. The number of nitrogens with zero attached hydrogens (tertiary/aromatic N) is 1. The van der Waals surface area contributed by atoms with Crippen molar-refractivity contribution in [1.82, 2.24) is 5.32 Å². The Balaban J connectivity index is 1.80. The minimum Gasteiger partial charge on any atom is -0.362 e. The maximum Gasteiger partial charge on any atom is 0.156 e. The monoisotopic (exact) mass is 268 g/mol. The summed E-state index contributed by atoms with van der Waals surface area (Å²) in [7, 11) is 0. The van der Waals surface area contributed by atoms with Gasteiger partial charge in [0.05, 0.1) is 0 Å². The van der Waals surface area contributed by atoms with Gasteiger partial charge in [-0.15, -0.1) is 11.3 Å². The molecule has 2 heterocycles.